The van der Waals surface area contributed by atoms with Crippen LogP contribution in [0.4, 0.5) is 0 Å². The van der Waals surface area contributed by atoms with Gasteiger partial charge in [0.25, 0.3) is 0 Å². The van der Waals surface area contributed by atoms with E-state index in [4.69, 9.17) is 4.74 Å². The Labute approximate surface area is 112 Å². The maximum Gasteiger partial charge on any atom is 0.216 e. The summed E-state index contributed by atoms with van der Waals surface area (Å²) in [6.45, 7) is 2.00. The Hall–Kier alpha value is -1.01. The van der Waals surface area contributed by atoms with Crippen molar-refractivity contribution in [1.29, 1.82) is 0 Å². The Morgan fingerprint density at radius 2 is 2.24 bits per heavy atom. The van der Waals surface area contributed by atoms with Crippen LogP contribution in [0.5, 0.6) is 5.88 Å². The molecule has 0 fully saturated rings. The molecule has 1 atom stereocenters. The second kappa shape index (κ2) is 5.55. The van der Waals surface area contributed by atoms with Crippen molar-refractivity contribution in [3.05, 3.63) is 34.2 Å². The molecule has 0 aromatic carbocycles. The van der Waals surface area contributed by atoms with Gasteiger partial charge in [-0.15, -0.1) is 11.3 Å². The van der Waals surface area contributed by atoms with E-state index in [-0.39, 0.29) is 4.83 Å². The monoisotopic (exact) mass is 313 g/mol. The van der Waals surface area contributed by atoms with E-state index in [0.717, 1.165) is 17.1 Å². The number of rotatable bonds is 4. The number of aromatic nitrogens is 3. The van der Waals surface area contributed by atoms with Crippen LogP contribution < -0.4 is 4.74 Å². The molecule has 2 rings (SSSR count). The Bertz CT molecular complexity index is 503. The van der Waals surface area contributed by atoms with E-state index in [1.165, 1.54) is 11.2 Å². The molecule has 0 bridgehead atoms. The van der Waals surface area contributed by atoms with Gasteiger partial charge in [0.05, 0.1) is 16.9 Å². The van der Waals surface area contributed by atoms with Crippen LogP contribution in [-0.2, 0) is 6.42 Å². The number of methoxy groups -OCH3 is 1. The highest BCUT2D eigenvalue weighted by molar-refractivity contribution is 9.09. The van der Waals surface area contributed by atoms with Gasteiger partial charge in [0, 0.05) is 29.3 Å². The van der Waals surface area contributed by atoms with Gasteiger partial charge >= 0.3 is 0 Å². The van der Waals surface area contributed by atoms with Gasteiger partial charge in [0.1, 0.15) is 6.33 Å². The van der Waals surface area contributed by atoms with Crippen LogP contribution in [0.15, 0.2) is 18.6 Å². The van der Waals surface area contributed by atoms with Crippen LogP contribution >= 0.6 is 27.3 Å². The van der Waals surface area contributed by atoms with Gasteiger partial charge in [0.15, 0.2) is 0 Å². The number of aryl methyl sites for hydroxylation is 1. The molecule has 0 aliphatic heterocycles. The minimum atomic E-state index is 0.230. The first kappa shape index (κ1) is 12.4. The third-order valence-corrected chi connectivity index (χ3v) is 4.39. The molecule has 0 amide bonds. The predicted molar refractivity (Wildman–Crippen MR) is 70.8 cm³/mol. The third-order valence-electron chi connectivity index (χ3n) is 2.24. The minimum absolute atomic E-state index is 0.230. The van der Waals surface area contributed by atoms with E-state index in [9.17, 15) is 0 Å². The smallest absolute Gasteiger partial charge is 0.216 e. The number of halogens is 1. The molecule has 0 aliphatic rings. The highest BCUT2D eigenvalue weighted by Gasteiger charge is 2.12. The molecule has 0 N–H and O–H groups in total. The molecule has 0 aliphatic carbocycles. The van der Waals surface area contributed by atoms with Gasteiger partial charge in [-0.3, -0.25) is 0 Å². The lowest BCUT2D eigenvalue weighted by Crippen LogP contribution is -1.98. The number of hydrogen-bond acceptors (Lipinski definition) is 5. The second-order valence-corrected chi connectivity index (χ2v) is 5.88. The lowest BCUT2D eigenvalue weighted by Gasteiger charge is -2.07. The first-order valence-corrected chi connectivity index (χ1v) is 6.83. The molecule has 17 heavy (non-hydrogen) atoms. The zero-order valence-electron chi connectivity index (χ0n) is 9.55. The standard InChI is InChI=1S/C11H12BrN3OS/c1-7-13-5-10(17-7)9(12)3-8-4-11(16-2)15-6-14-8/h4-6,9H,3H2,1-2H3. The number of nitrogens with zero attached hydrogens (tertiary/aromatic N) is 3. The van der Waals surface area contributed by atoms with Gasteiger partial charge in [-0.2, -0.15) is 0 Å². The highest BCUT2D eigenvalue weighted by atomic mass is 79.9. The molecule has 0 saturated heterocycles. The van der Waals surface area contributed by atoms with Crippen molar-refractivity contribution < 1.29 is 4.74 Å². The van der Waals surface area contributed by atoms with Crippen LogP contribution in [0.25, 0.3) is 0 Å². The van der Waals surface area contributed by atoms with Crippen molar-refractivity contribution >= 4 is 27.3 Å². The number of ether oxygens (including phenoxy) is 1. The van der Waals surface area contributed by atoms with E-state index in [1.54, 1.807) is 18.4 Å². The highest BCUT2D eigenvalue weighted by Crippen LogP contribution is 2.30. The van der Waals surface area contributed by atoms with Gasteiger partial charge in [0.2, 0.25) is 5.88 Å². The zero-order chi connectivity index (χ0) is 12.3. The van der Waals surface area contributed by atoms with Crippen molar-refractivity contribution in [3.8, 4) is 5.88 Å². The van der Waals surface area contributed by atoms with Gasteiger partial charge < -0.3 is 4.74 Å². The average Bonchev–Trinajstić information content (AvgIpc) is 2.76. The van der Waals surface area contributed by atoms with Gasteiger partial charge in [-0.05, 0) is 6.92 Å². The molecule has 2 heterocycles. The summed E-state index contributed by atoms with van der Waals surface area (Å²) in [4.78, 5) is 13.9. The van der Waals surface area contributed by atoms with Crippen LogP contribution in [0.1, 0.15) is 20.4 Å². The van der Waals surface area contributed by atoms with Crippen molar-refractivity contribution in [2.24, 2.45) is 0 Å². The number of thiazole rings is 1. The molecule has 90 valence electrons. The molecule has 6 heteroatoms. The quantitative estimate of drug-likeness (QED) is 0.814. The molecule has 0 spiro atoms. The Kier molecular flexibility index (Phi) is 4.06. The Balaban J connectivity index is 2.09. The van der Waals surface area contributed by atoms with Crippen LogP contribution in [0, 0.1) is 6.92 Å². The summed E-state index contributed by atoms with van der Waals surface area (Å²) >= 11 is 5.34. The van der Waals surface area contributed by atoms with Crippen LogP contribution in [0.2, 0.25) is 0 Å². The summed E-state index contributed by atoms with van der Waals surface area (Å²) in [6, 6.07) is 1.85. The molecule has 0 radical (unpaired) electrons. The molecule has 2 aromatic rings. The van der Waals surface area contributed by atoms with E-state index >= 15 is 0 Å². The summed E-state index contributed by atoms with van der Waals surface area (Å²) in [6.07, 6.45) is 4.21. The number of hydrogen-bond donors (Lipinski definition) is 0. The van der Waals surface area contributed by atoms with Crippen LogP contribution in [-0.4, -0.2) is 22.1 Å². The fourth-order valence-electron chi connectivity index (χ4n) is 1.41. The van der Waals surface area contributed by atoms with E-state index in [1.807, 2.05) is 19.2 Å². The van der Waals surface area contributed by atoms with E-state index in [2.05, 4.69) is 30.9 Å². The van der Waals surface area contributed by atoms with Crippen molar-refractivity contribution in [2.75, 3.05) is 7.11 Å². The van der Waals surface area contributed by atoms with Gasteiger partial charge in [-0.25, -0.2) is 15.0 Å². The fourth-order valence-corrected chi connectivity index (χ4v) is 2.90. The van der Waals surface area contributed by atoms with E-state index in [0.29, 0.717) is 5.88 Å². The third kappa shape index (κ3) is 3.23. The molecular weight excluding hydrogens is 302 g/mol. The topological polar surface area (TPSA) is 47.9 Å². The summed E-state index contributed by atoms with van der Waals surface area (Å²) in [5, 5.41) is 1.07. The van der Waals surface area contributed by atoms with Crippen LogP contribution in [0.3, 0.4) is 0 Å². The first-order valence-electron chi connectivity index (χ1n) is 5.10. The Morgan fingerprint density at radius 3 is 2.88 bits per heavy atom. The number of alkyl halides is 1. The normalized spacial score (nSPS) is 12.4. The molecule has 1 unspecified atom stereocenters. The second-order valence-electron chi connectivity index (χ2n) is 3.51. The maximum atomic E-state index is 5.07. The van der Waals surface area contributed by atoms with Crippen molar-refractivity contribution in [3.63, 3.8) is 0 Å². The van der Waals surface area contributed by atoms with E-state index < -0.39 is 0 Å². The minimum Gasteiger partial charge on any atom is -0.481 e. The summed E-state index contributed by atoms with van der Waals surface area (Å²) in [5.41, 5.74) is 0.949. The zero-order valence-corrected chi connectivity index (χ0v) is 12.0. The fraction of sp³-hybridized carbons (Fsp3) is 0.364. The average molecular weight is 314 g/mol. The van der Waals surface area contributed by atoms with Gasteiger partial charge in [-0.1, -0.05) is 15.9 Å². The summed E-state index contributed by atoms with van der Waals surface area (Å²) < 4.78 is 5.07. The predicted octanol–water partition coefficient (Wildman–Crippen LogP) is 2.93. The molecule has 2 aromatic heterocycles. The maximum absolute atomic E-state index is 5.07. The SMILES string of the molecule is COc1cc(CC(Br)c2cnc(C)s2)ncn1. The molecular formula is C11H12BrN3OS. The molecule has 0 saturated carbocycles. The Morgan fingerprint density at radius 1 is 1.41 bits per heavy atom. The molecule has 4 nitrogen and oxygen atoms in total. The summed E-state index contributed by atoms with van der Waals surface area (Å²) in [5.74, 6) is 0.593. The lowest BCUT2D eigenvalue weighted by atomic mass is 10.2. The van der Waals surface area contributed by atoms with Crippen molar-refractivity contribution in [1.82, 2.24) is 15.0 Å². The van der Waals surface area contributed by atoms with Crippen molar-refractivity contribution in [2.45, 2.75) is 18.2 Å². The summed E-state index contributed by atoms with van der Waals surface area (Å²) in [7, 11) is 1.60. The lowest BCUT2D eigenvalue weighted by molar-refractivity contribution is 0.396. The first-order chi connectivity index (χ1) is 8.19. The largest absolute Gasteiger partial charge is 0.481 e.